The second kappa shape index (κ2) is 5.73. The number of nitrogens with one attached hydrogen (secondary N) is 1. The molecule has 0 spiro atoms. The van der Waals surface area contributed by atoms with Crippen molar-refractivity contribution in [3.8, 4) is 5.75 Å². The molecule has 3 fully saturated rings. The quantitative estimate of drug-likeness (QED) is 0.603. The van der Waals surface area contributed by atoms with Crippen molar-refractivity contribution >= 4 is 29.1 Å². The van der Waals surface area contributed by atoms with Gasteiger partial charge in [0.15, 0.2) is 0 Å². The van der Waals surface area contributed by atoms with Crippen LogP contribution in [0.3, 0.4) is 0 Å². The highest BCUT2D eigenvalue weighted by Gasteiger charge is 2.62. The highest BCUT2D eigenvalue weighted by Crippen LogP contribution is 2.48. The third kappa shape index (κ3) is 2.44. The van der Waals surface area contributed by atoms with E-state index < -0.39 is 17.7 Å². The lowest BCUT2D eigenvalue weighted by Crippen LogP contribution is -2.40. The number of ether oxygens (including phenoxy) is 2. The maximum atomic E-state index is 12.5. The Hall–Kier alpha value is -2.61. The Labute approximate surface area is 144 Å². The van der Waals surface area contributed by atoms with Gasteiger partial charge < -0.3 is 20.5 Å². The van der Waals surface area contributed by atoms with Gasteiger partial charge in [0.1, 0.15) is 12.3 Å². The molecule has 0 aliphatic carbocycles. The number of likely N-dealkylation sites (tertiary alicyclic amines) is 1. The van der Waals surface area contributed by atoms with Crippen LogP contribution in [0.15, 0.2) is 18.2 Å². The van der Waals surface area contributed by atoms with E-state index >= 15 is 0 Å². The van der Waals surface area contributed by atoms with Crippen LogP contribution in [0.25, 0.3) is 0 Å². The van der Waals surface area contributed by atoms with Crippen LogP contribution in [0.5, 0.6) is 5.75 Å². The largest absolute Gasteiger partial charge is 0.497 e. The van der Waals surface area contributed by atoms with E-state index in [1.807, 2.05) is 0 Å². The molecule has 3 aliphatic rings. The van der Waals surface area contributed by atoms with Crippen LogP contribution in [-0.2, 0) is 19.1 Å². The molecule has 4 rings (SSSR count). The van der Waals surface area contributed by atoms with Crippen molar-refractivity contribution in [2.45, 2.75) is 25.0 Å². The third-order valence-electron chi connectivity index (χ3n) is 5.21. The van der Waals surface area contributed by atoms with Gasteiger partial charge in [-0.15, -0.1) is 0 Å². The molecule has 0 radical (unpaired) electrons. The molecule has 132 valence electrons. The number of nitrogens with zero attached hydrogens (tertiary/aromatic N) is 1. The minimum absolute atomic E-state index is 0.187. The fraction of sp³-hybridized carbons (Fsp3) is 0.471. The molecule has 3 amide bonds. The Morgan fingerprint density at radius 2 is 1.92 bits per heavy atom. The molecule has 3 aliphatic heterocycles. The highest BCUT2D eigenvalue weighted by molar-refractivity contribution is 6.09. The monoisotopic (exact) mass is 345 g/mol. The maximum Gasteiger partial charge on any atom is 0.244 e. The second-order valence-electron chi connectivity index (χ2n) is 6.61. The zero-order chi connectivity index (χ0) is 17.7. The number of rotatable bonds is 4. The van der Waals surface area contributed by atoms with Crippen LogP contribution >= 0.6 is 0 Å². The van der Waals surface area contributed by atoms with Gasteiger partial charge in [0.05, 0.1) is 42.5 Å². The lowest BCUT2D eigenvalue weighted by molar-refractivity contribution is -0.145. The molecule has 3 saturated heterocycles. The van der Waals surface area contributed by atoms with Gasteiger partial charge in [0, 0.05) is 6.07 Å². The SMILES string of the molecule is COc1ccc(N)c(NC(=O)CN2C(=O)C3C4CCC(O4)C3C2=O)c1. The van der Waals surface area contributed by atoms with Gasteiger partial charge in [0.2, 0.25) is 17.7 Å². The summed E-state index contributed by atoms with van der Waals surface area (Å²) in [6, 6.07) is 4.87. The van der Waals surface area contributed by atoms with E-state index in [2.05, 4.69) is 5.32 Å². The summed E-state index contributed by atoms with van der Waals surface area (Å²) in [5.41, 5.74) is 6.59. The van der Waals surface area contributed by atoms with E-state index in [1.165, 1.54) is 7.11 Å². The van der Waals surface area contributed by atoms with E-state index in [-0.39, 0.29) is 30.6 Å². The number of anilines is 2. The second-order valence-corrected chi connectivity index (χ2v) is 6.61. The molecule has 8 nitrogen and oxygen atoms in total. The number of hydrogen-bond acceptors (Lipinski definition) is 6. The normalized spacial score (nSPS) is 29.9. The molecule has 1 aromatic rings. The molecule has 4 unspecified atom stereocenters. The first-order chi connectivity index (χ1) is 12.0. The van der Waals surface area contributed by atoms with Gasteiger partial charge in [-0.25, -0.2) is 0 Å². The Morgan fingerprint density at radius 3 is 2.52 bits per heavy atom. The number of carbonyl (C=O) groups is 3. The predicted molar refractivity (Wildman–Crippen MR) is 87.6 cm³/mol. The lowest BCUT2D eigenvalue weighted by Gasteiger charge is -2.17. The summed E-state index contributed by atoms with van der Waals surface area (Å²) in [6.07, 6.45) is 1.22. The van der Waals surface area contributed by atoms with E-state index in [0.717, 1.165) is 17.7 Å². The Balaban J connectivity index is 1.47. The lowest BCUT2D eigenvalue weighted by atomic mass is 9.81. The summed E-state index contributed by atoms with van der Waals surface area (Å²) < 4.78 is 10.8. The van der Waals surface area contributed by atoms with E-state index in [1.54, 1.807) is 18.2 Å². The van der Waals surface area contributed by atoms with Crippen molar-refractivity contribution in [1.82, 2.24) is 4.90 Å². The molecule has 0 saturated carbocycles. The summed E-state index contributed by atoms with van der Waals surface area (Å²) in [5, 5.41) is 2.64. The number of fused-ring (bicyclic) bond motifs is 5. The van der Waals surface area contributed by atoms with Crippen LogP contribution < -0.4 is 15.8 Å². The number of benzene rings is 1. The first-order valence-corrected chi connectivity index (χ1v) is 8.23. The zero-order valence-corrected chi connectivity index (χ0v) is 13.7. The molecular weight excluding hydrogens is 326 g/mol. The fourth-order valence-corrected chi connectivity index (χ4v) is 4.03. The molecular formula is C17H19N3O5. The number of nitrogen functional groups attached to an aromatic ring is 1. The Morgan fingerprint density at radius 1 is 1.28 bits per heavy atom. The predicted octanol–water partition coefficient (Wildman–Crippen LogP) is 0.378. The highest BCUT2D eigenvalue weighted by atomic mass is 16.5. The summed E-state index contributed by atoms with van der Waals surface area (Å²) in [4.78, 5) is 38.5. The number of methoxy groups -OCH3 is 1. The van der Waals surface area contributed by atoms with Crippen molar-refractivity contribution in [1.29, 1.82) is 0 Å². The molecule has 1 aromatic carbocycles. The Kier molecular flexibility index (Phi) is 3.64. The Bertz CT molecular complexity index is 737. The van der Waals surface area contributed by atoms with Gasteiger partial charge in [-0.05, 0) is 25.0 Å². The average Bonchev–Trinajstić information content (AvgIpc) is 3.27. The molecule has 25 heavy (non-hydrogen) atoms. The molecule has 0 aromatic heterocycles. The van der Waals surface area contributed by atoms with Crippen molar-refractivity contribution in [2.75, 3.05) is 24.7 Å². The third-order valence-corrected chi connectivity index (χ3v) is 5.21. The first-order valence-electron chi connectivity index (χ1n) is 8.23. The zero-order valence-electron chi connectivity index (χ0n) is 13.7. The number of carbonyl (C=O) groups excluding carboxylic acids is 3. The first kappa shape index (κ1) is 15.9. The number of nitrogens with two attached hydrogens (primary N) is 1. The standard InChI is InChI=1S/C17H19N3O5/c1-24-8-2-3-9(18)10(6-8)19-13(21)7-20-16(22)14-11-4-5-12(25-11)15(14)17(20)23/h2-3,6,11-12,14-15H,4-5,7,18H2,1H3,(H,19,21). The van der Waals surface area contributed by atoms with Crippen LogP contribution in [0.4, 0.5) is 11.4 Å². The smallest absolute Gasteiger partial charge is 0.244 e. The fourth-order valence-electron chi connectivity index (χ4n) is 4.03. The van der Waals surface area contributed by atoms with E-state index in [4.69, 9.17) is 15.2 Å². The summed E-state index contributed by atoms with van der Waals surface area (Å²) in [5.74, 6) is -1.41. The molecule has 3 heterocycles. The van der Waals surface area contributed by atoms with Crippen LogP contribution in [-0.4, -0.2) is 48.5 Å². The van der Waals surface area contributed by atoms with Crippen LogP contribution in [0.2, 0.25) is 0 Å². The minimum atomic E-state index is -0.477. The molecule has 2 bridgehead atoms. The van der Waals surface area contributed by atoms with Crippen molar-refractivity contribution in [3.63, 3.8) is 0 Å². The van der Waals surface area contributed by atoms with Crippen molar-refractivity contribution in [3.05, 3.63) is 18.2 Å². The number of hydrogen-bond donors (Lipinski definition) is 2. The molecule has 8 heteroatoms. The van der Waals surface area contributed by atoms with E-state index in [9.17, 15) is 14.4 Å². The van der Waals surface area contributed by atoms with Gasteiger partial charge in [-0.2, -0.15) is 0 Å². The minimum Gasteiger partial charge on any atom is -0.497 e. The number of amides is 3. The van der Waals surface area contributed by atoms with Gasteiger partial charge in [-0.1, -0.05) is 0 Å². The topological polar surface area (TPSA) is 111 Å². The number of imide groups is 1. The van der Waals surface area contributed by atoms with Crippen molar-refractivity contribution in [2.24, 2.45) is 11.8 Å². The molecule has 4 atom stereocenters. The molecule has 3 N–H and O–H groups in total. The van der Waals surface area contributed by atoms with Gasteiger partial charge in [-0.3, -0.25) is 19.3 Å². The van der Waals surface area contributed by atoms with E-state index in [0.29, 0.717) is 17.1 Å². The van der Waals surface area contributed by atoms with Gasteiger partial charge >= 0.3 is 0 Å². The summed E-state index contributed by atoms with van der Waals surface area (Å²) >= 11 is 0. The average molecular weight is 345 g/mol. The maximum absolute atomic E-state index is 12.5. The summed E-state index contributed by atoms with van der Waals surface area (Å²) in [7, 11) is 1.51. The summed E-state index contributed by atoms with van der Waals surface area (Å²) in [6.45, 7) is -0.319. The van der Waals surface area contributed by atoms with Crippen LogP contribution in [0.1, 0.15) is 12.8 Å². The van der Waals surface area contributed by atoms with Crippen LogP contribution in [0, 0.1) is 11.8 Å². The van der Waals surface area contributed by atoms with Gasteiger partial charge in [0.25, 0.3) is 0 Å². The van der Waals surface area contributed by atoms with Crippen molar-refractivity contribution < 1.29 is 23.9 Å².